The number of esters is 1. The molecule has 0 radical (unpaired) electrons. The molecule has 0 amide bonds. The van der Waals surface area contributed by atoms with Gasteiger partial charge in [0.25, 0.3) is 0 Å². The normalized spacial score (nSPS) is 38.1. The number of carbonyl (C=O) groups is 1. The monoisotopic (exact) mass is 373 g/mol. The van der Waals surface area contributed by atoms with E-state index in [9.17, 15) is 9.90 Å². The van der Waals surface area contributed by atoms with E-state index in [1.54, 1.807) is 6.20 Å². The average molecular weight is 373 g/mol. The van der Waals surface area contributed by atoms with E-state index in [0.29, 0.717) is 12.5 Å². The molecule has 1 saturated heterocycles. The van der Waals surface area contributed by atoms with E-state index in [4.69, 9.17) is 4.74 Å². The van der Waals surface area contributed by atoms with E-state index < -0.39 is 6.10 Å². The van der Waals surface area contributed by atoms with Gasteiger partial charge < -0.3 is 19.7 Å². The maximum absolute atomic E-state index is 12.5. The van der Waals surface area contributed by atoms with Crippen LogP contribution in [-0.2, 0) is 16.1 Å². The molecule has 6 unspecified atom stereocenters. The summed E-state index contributed by atoms with van der Waals surface area (Å²) < 4.78 is 7.75. The molecule has 6 nitrogen and oxygen atoms in total. The van der Waals surface area contributed by atoms with E-state index in [0.717, 1.165) is 38.8 Å². The molecule has 4 rings (SSSR count). The zero-order valence-electron chi connectivity index (χ0n) is 16.3. The number of allylic oxidation sites excluding steroid dienone is 1. The molecule has 3 aliphatic rings. The molecule has 0 spiro atoms. The predicted molar refractivity (Wildman–Crippen MR) is 102 cm³/mol. The van der Waals surface area contributed by atoms with Crippen LogP contribution in [0.3, 0.4) is 0 Å². The number of fused-ring (bicyclic) bond motifs is 2. The lowest BCUT2D eigenvalue weighted by atomic mass is 9.55. The van der Waals surface area contributed by atoms with Gasteiger partial charge in [-0.05, 0) is 31.7 Å². The zero-order valence-corrected chi connectivity index (χ0v) is 16.3. The summed E-state index contributed by atoms with van der Waals surface area (Å²) in [4.78, 5) is 16.6. The summed E-state index contributed by atoms with van der Waals surface area (Å²) in [6.07, 6.45) is 11.0. The van der Waals surface area contributed by atoms with E-state index >= 15 is 0 Å². The van der Waals surface area contributed by atoms with Gasteiger partial charge in [-0.25, -0.2) is 4.98 Å². The topological polar surface area (TPSA) is 76.4 Å². The molecule has 0 bridgehead atoms. The van der Waals surface area contributed by atoms with Crippen molar-refractivity contribution in [1.29, 1.82) is 0 Å². The molecule has 1 aromatic heterocycles. The highest BCUT2D eigenvalue weighted by molar-refractivity contribution is 5.76. The Morgan fingerprint density at radius 1 is 1.48 bits per heavy atom. The Balaban J connectivity index is 1.38. The largest absolute Gasteiger partial charge is 0.461 e. The maximum atomic E-state index is 12.5. The molecule has 2 aliphatic carbocycles. The second-order valence-corrected chi connectivity index (χ2v) is 8.66. The molecule has 1 saturated carbocycles. The first-order valence-electron chi connectivity index (χ1n) is 10.3. The lowest BCUT2D eigenvalue weighted by molar-refractivity contribution is -0.144. The number of aryl methyl sites for hydroxylation is 1. The molecular weight excluding hydrogens is 342 g/mol. The Bertz CT molecular complexity index is 702. The molecule has 1 aliphatic heterocycles. The minimum absolute atomic E-state index is 0.110. The lowest BCUT2D eigenvalue weighted by Gasteiger charge is -2.51. The maximum Gasteiger partial charge on any atom is 0.311 e. The molecule has 1 aromatic rings. The van der Waals surface area contributed by atoms with Gasteiger partial charge in [-0.15, -0.1) is 0 Å². The summed E-state index contributed by atoms with van der Waals surface area (Å²) in [5.41, 5.74) is 1.06. The van der Waals surface area contributed by atoms with Gasteiger partial charge in [0.1, 0.15) is 6.10 Å². The number of nitrogens with one attached hydrogen (secondary N) is 1. The van der Waals surface area contributed by atoms with Gasteiger partial charge in [0, 0.05) is 43.2 Å². The summed E-state index contributed by atoms with van der Waals surface area (Å²) >= 11 is 0. The Labute approximate surface area is 161 Å². The van der Waals surface area contributed by atoms with E-state index in [1.165, 1.54) is 5.57 Å². The van der Waals surface area contributed by atoms with Crippen LogP contribution in [0.2, 0.25) is 0 Å². The number of hydrogen-bond acceptors (Lipinski definition) is 5. The minimum Gasteiger partial charge on any atom is -0.461 e. The minimum atomic E-state index is -0.526. The van der Waals surface area contributed by atoms with Crippen molar-refractivity contribution in [3.8, 4) is 0 Å². The van der Waals surface area contributed by atoms with Crippen LogP contribution < -0.4 is 5.32 Å². The third kappa shape index (κ3) is 3.23. The van der Waals surface area contributed by atoms with Crippen molar-refractivity contribution < 1.29 is 14.6 Å². The Hall–Kier alpha value is -1.66. The summed E-state index contributed by atoms with van der Waals surface area (Å²) in [5.74, 6) is -0.0957. The van der Waals surface area contributed by atoms with Gasteiger partial charge in [0.05, 0.1) is 18.3 Å². The lowest BCUT2D eigenvalue weighted by Crippen LogP contribution is -2.54. The first kappa shape index (κ1) is 18.7. The standard InChI is InChI=1S/C21H31N3O3/c1-14-5-3-6-15-11-17-18(19(25)21(14,15)2)16(20(26)27-17)12-22-7-4-9-24-10-8-23-13-24/h6,8,10,13-14,16-19,22,25H,3-5,7,9,11-12H2,1-2H3. The number of aliphatic hydroxyl groups excluding tert-OH is 1. The Morgan fingerprint density at radius 3 is 3.11 bits per heavy atom. The first-order valence-corrected chi connectivity index (χ1v) is 10.3. The van der Waals surface area contributed by atoms with Gasteiger partial charge >= 0.3 is 5.97 Å². The molecule has 27 heavy (non-hydrogen) atoms. The van der Waals surface area contributed by atoms with Crippen LogP contribution in [0.5, 0.6) is 0 Å². The molecule has 6 atom stereocenters. The second kappa shape index (κ2) is 7.40. The van der Waals surface area contributed by atoms with E-state index in [-0.39, 0.29) is 29.3 Å². The van der Waals surface area contributed by atoms with Crippen molar-refractivity contribution in [3.63, 3.8) is 0 Å². The van der Waals surface area contributed by atoms with Gasteiger partial charge in [-0.1, -0.05) is 25.5 Å². The van der Waals surface area contributed by atoms with Gasteiger partial charge in [0.15, 0.2) is 0 Å². The molecule has 6 heteroatoms. The third-order valence-corrected chi connectivity index (χ3v) is 7.26. The number of imidazole rings is 1. The number of aromatic nitrogens is 2. The third-order valence-electron chi connectivity index (χ3n) is 7.26. The van der Waals surface area contributed by atoms with Crippen LogP contribution in [-0.4, -0.2) is 45.9 Å². The van der Waals surface area contributed by atoms with Gasteiger partial charge in [-0.2, -0.15) is 0 Å². The fourth-order valence-corrected chi connectivity index (χ4v) is 5.36. The summed E-state index contributed by atoms with van der Waals surface area (Å²) in [5, 5.41) is 14.7. The first-order chi connectivity index (χ1) is 13.0. The van der Waals surface area contributed by atoms with Crippen LogP contribution in [0.25, 0.3) is 0 Å². The van der Waals surface area contributed by atoms with Gasteiger partial charge in [0.2, 0.25) is 0 Å². The van der Waals surface area contributed by atoms with Crippen molar-refractivity contribution >= 4 is 5.97 Å². The number of ether oxygens (including phenoxy) is 1. The van der Waals surface area contributed by atoms with Crippen molar-refractivity contribution in [3.05, 3.63) is 30.4 Å². The summed E-state index contributed by atoms with van der Waals surface area (Å²) in [6.45, 7) is 6.72. The second-order valence-electron chi connectivity index (χ2n) is 8.66. The SMILES string of the molecule is CC1CCC=C2CC3OC(=O)C(CNCCCn4ccnc4)C3C(O)C21C. The Kier molecular flexibility index (Phi) is 5.12. The van der Waals surface area contributed by atoms with Crippen molar-refractivity contribution in [2.45, 2.75) is 58.3 Å². The van der Waals surface area contributed by atoms with Crippen molar-refractivity contribution in [2.24, 2.45) is 23.2 Å². The predicted octanol–water partition coefficient (Wildman–Crippen LogP) is 2.15. The number of nitrogens with zero attached hydrogens (tertiary/aromatic N) is 2. The average Bonchev–Trinajstić information content (AvgIpc) is 3.26. The number of carbonyl (C=O) groups excluding carboxylic acids is 1. The van der Waals surface area contributed by atoms with E-state index in [1.807, 2.05) is 17.1 Å². The number of hydrogen-bond donors (Lipinski definition) is 2. The van der Waals surface area contributed by atoms with Crippen LogP contribution >= 0.6 is 0 Å². The molecule has 2 heterocycles. The van der Waals surface area contributed by atoms with E-state index in [2.05, 4.69) is 30.2 Å². The molecule has 2 N–H and O–H groups in total. The highest BCUT2D eigenvalue weighted by Gasteiger charge is 2.59. The van der Waals surface area contributed by atoms with Crippen molar-refractivity contribution in [2.75, 3.05) is 13.1 Å². The highest BCUT2D eigenvalue weighted by Crippen LogP contribution is 2.55. The Morgan fingerprint density at radius 2 is 2.33 bits per heavy atom. The molecular formula is C21H31N3O3. The zero-order chi connectivity index (χ0) is 19.0. The molecule has 148 valence electrons. The summed E-state index contributed by atoms with van der Waals surface area (Å²) in [7, 11) is 0. The number of rotatable bonds is 6. The van der Waals surface area contributed by atoms with Crippen LogP contribution in [0.15, 0.2) is 30.4 Å². The quantitative estimate of drug-likeness (QED) is 0.454. The van der Waals surface area contributed by atoms with Gasteiger partial charge in [-0.3, -0.25) is 4.79 Å². The molecule has 2 fully saturated rings. The molecule has 0 aromatic carbocycles. The van der Waals surface area contributed by atoms with Crippen LogP contribution in [0.1, 0.15) is 39.5 Å². The summed E-state index contributed by atoms with van der Waals surface area (Å²) in [6, 6.07) is 0. The van der Waals surface area contributed by atoms with Crippen molar-refractivity contribution in [1.82, 2.24) is 14.9 Å². The smallest absolute Gasteiger partial charge is 0.311 e. The van der Waals surface area contributed by atoms with Crippen LogP contribution in [0.4, 0.5) is 0 Å². The fraction of sp³-hybridized carbons (Fsp3) is 0.714. The number of aliphatic hydroxyl groups is 1. The highest BCUT2D eigenvalue weighted by atomic mass is 16.6. The van der Waals surface area contributed by atoms with Crippen LogP contribution in [0, 0.1) is 23.2 Å². The fourth-order valence-electron chi connectivity index (χ4n) is 5.36.